The maximum Gasteiger partial charge on any atom is 0.0650 e. The summed E-state index contributed by atoms with van der Waals surface area (Å²) in [5, 5.41) is 0. The lowest BCUT2D eigenvalue weighted by Gasteiger charge is -2.07. The van der Waals surface area contributed by atoms with Crippen LogP contribution in [0, 0.1) is 0 Å². The summed E-state index contributed by atoms with van der Waals surface area (Å²) < 4.78 is 0. The van der Waals surface area contributed by atoms with Gasteiger partial charge in [0.05, 0.1) is 12.3 Å². The van der Waals surface area contributed by atoms with Crippen molar-refractivity contribution in [1.82, 2.24) is 0 Å². The Morgan fingerprint density at radius 3 is 1.27 bits per heavy atom. The molecule has 0 amide bonds. The van der Waals surface area contributed by atoms with Crippen molar-refractivity contribution in [2.45, 2.75) is 6.54 Å². The molecule has 0 saturated heterocycles. The molecule has 6 aromatic rings. The predicted molar refractivity (Wildman–Crippen MR) is 175 cm³/mol. The molecular weight excluding hydrogens is 494 g/mol. The molecule has 6 aromatic carbocycles. The third kappa shape index (κ3) is 6.66. The molecule has 0 radical (unpaired) electrons. The lowest BCUT2D eigenvalue weighted by atomic mass is 10.0. The highest BCUT2D eigenvalue weighted by Crippen LogP contribution is 2.23. The zero-order valence-electron chi connectivity index (χ0n) is 22.9. The number of hydrogen-bond acceptors (Lipinski definition) is 1. The van der Waals surface area contributed by atoms with Gasteiger partial charge in [-0.05, 0) is 56.1 Å². The number of rotatable bonds is 8. The molecule has 0 saturated carbocycles. The van der Waals surface area contributed by atoms with E-state index >= 15 is 0 Å². The van der Waals surface area contributed by atoms with E-state index in [1.54, 1.807) is 0 Å². The average Bonchev–Trinajstić information content (AvgIpc) is 3.07. The number of aliphatic imine (C=N–C) groups is 1. The Hall–Kier alpha value is -5.27. The first kappa shape index (κ1) is 26.0. The van der Waals surface area contributed by atoms with Gasteiger partial charge in [-0.25, -0.2) is 0 Å². The fourth-order valence-electron chi connectivity index (χ4n) is 4.91. The molecule has 0 bridgehead atoms. The van der Waals surface area contributed by atoms with Crippen LogP contribution in [0.25, 0.3) is 39.5 Å². The Morgan fingerprint density at radius 2 is 0.805 bits per heavy atom. The summed E-state index contributed by atoms with van der Waals surface area (Å²) in [6.07, 6.45) is 4.28. The molecule has 0 aliphatic heterocycles. The van der Waals surface area contributed by atoms with Gasteiger partial charge in [-0.3, -0.25) is 4.99 Å². The minimum Gasteiger partial charge on any atom is -0.280 e. The standard InChI is InChI=1S/C40H31N/c1-4-10-33(11-5-1)36-21-16-31(17-22-36)20-29-40(39-27-25-38(26-28-39)35-14-8-3-9-15-35)41-30-32-18-23-37(24-19-32)34-12-6-2-7-13-34/h1-29H,30H2/b29-20+,41-40?. The summed E-state index contributed by atoms with van der Waals surface area (Å²) in [5.74, 6) is 0. The molecule has 1 heteroatoms. The first-order valence-electron chi connectivity index (χ1n) is 14.0. The van der Waals surface area contributed by atoms with Crippen LogP contribution >= 0.6 is 0 Å². The normalized spacial score (nSPS) is 11.6. The molecule has 0 spiro atoms. The van der Waals surface area contributed by atoms with E-state index in [1.165, 1.54) is 38.9 Å². The molecule has 1 nitrogen and oxygen atoms in total. The van der Waals surface area contributed by atoms with Gasteiger partial charge in [0.15, 0.2) is 0 Å². The fourth-order valence-corrected chi connectivity index (χ4v) is 4.91. The van der Waals surface area contributed by atoms with Crippen molar-refractivity contribution in [1.29, 1.82) is 0 Å². The van der Waals surface area contributed by atoms with E-state index in [4.69, 9.17) is 4.99 Å². The van der Waals surface area contributed by atoms with Crippen LogP contribution in [-0.2, 0) is 6.54 Å². The maximum atomic E-state index is 5.08. The van der Waals surface area contributed by atoms with Gasteiger partial charge in [0.2, 0.25) is 0 Å². The Labute approximate surface area is 242 Å². The Bertz CT molecular complexity index is 1730. The minimum atomic E-state index is 0.613. The highest BCUT2D eigenvalue weighted by atomic mass is 14.7. The van der Waals surface area contributed by atoms with E-state index in [0.717, 1.165) is 16.8 Å². The van der Waals surface area contributed by atoms with Gasteiger partial charge >= 0.3 is 0 Å². The number of hydrogen-bond donors (Lipinski definition) is 0. The second kappa shape index (κ2) is 12.7. The highest BCUT2D eigenvalue weighted by molar-refractivity contribution is 6.11. The largest absolute Gasteiger partial charge is 0.280 e. The number of benzene rings is 6. The first-order chi connectivity index (χ1) is 20.3. The van der Waals surface area contributed by atoms with Crippen LogP contribution in [0.4, 0.5) is 0 Å². The monoisotopic (exact) mass is 525 g/mol. The molecule has 0 atom stereocenters. The van der Waals surface area contributed by atoms with Crippen molar-refractivity contribution in [3.05, 3.63) is 187 Å². The predicted octanol–water partition coefficient (Wildman–Crippen LogP) is 10.4. The zero-order chi connectivity index (χ0) is 27.7. The lowest BCUT2D eigenvalue weighted by molar-refractivity contribution is 1.07. The summed E-state index contributed by atoms with van der Waals surface area (Å²) >= 11 is 0. The quantitative estimate of drug-likeness (QED) is 0.175. The van der Waals surface area contributed by atoms with E-state index in [2.05, 4.69) is 158 Å². The van der Waals surface area contributed by atoms with Crippen LogP contribution in [0.5, 0.6) is 0 Å². The summed E-state index contributed by atoms with van der Waals surface area (Å²) in [5.41, 5.74) is 11.7. The molecule has 196 valence electrons. The van der Waals surface area contributed by atoms with Gasteiger partial charge in [-0.15, -0.1) is 0 Å². The van der Waals surface area contributed by atoms with Gasteiger partial charge in [-0.2, -0.15) is 0 Å². The van der Waals surface area contributed by atoms with E-state index in [-0.39, 0.29) is 0 Å². The maximum absolute atomic E-state index is 5.08. The van der Waals surface area contributed by atoms with Crippen LogP contribution < -0.4 is 0 Å². The van der Waals surface area contributed by atoms with E-state index in [0.29, 0.717) is 6.54 Å². The van der Waals surface area contributed by atoms with E-state index in [1.807, 2.05) is 18.2 Å². The van der Waals surface area contributed by atoms with Crippen molar-refractivity contribution in [3.63, 3.8) is 0 Å². The van der Waals surface area contributed by atoms with Gasteiger partial charge in [-0.1, -0.05) is 170 Å². The van der Waals surface area contributed by atoms with Crippen molar-refractivity contribution in [2.24, 2.45) is 4.99 Å². The number of nitrogens with zero attached hydrogens (tertiary/aromatic N) is 1. The zero-order valence-corrected chi connectivity index (χ0v) is 22.9. The summed E-state index contributed by atoms with van der Waals surface area (Å²) in [6.45, 7) is 0.613. The molecule has 0 heterocycles. The Balaban J connectivity index is 1.26. The third-order valence-electron chi connectivity index (χ3n) is 7.23. The molecular formula is C40H31N. The van der Waals surface area contributed by atoms with Crippen molar-refractivity contribution < 1.29 is 0 Å². The van der Waals surface area contributed by atoms with Crippen molar-refractivity contribution in [2.75, 3.05) is 0 Å². The van der Waals surface area contributed by atoms with E-state index < -0.39 is 0 Å². The van der Waals surface area contributed by atoms with Crippen LogP contribution in [0.1, 0.15) is 16.7 Å². The molecule has 0 N–H and O–H groups in total. The summed E-state index contributed by atoms with van der Waals surface area (Å²) in [4.78, 5) is 5.08. The van der Waals surface area contributed by atoms with Gasteiger partial charge < -0.3 is 0 Å². The Morgan fingerprint density at radius 1 is 0.415 bits per heavy atom. The van der Waals surface area contributed by atoms with Crippen molar-refractivity contribution >= 4 is 11.8 Å². The lowest BCUT2D eigenvalue weighted by Crippen LogP contribution is -1.98. The minimum absolute atomic E-state index is 0.613. The molecule has 41 heavy (non-hydrogen) atoms. The van der Waals surface area contributed by atoms with E-state index in [9.17, 15) is 0 Å². The summed E-state index contributed by atoms with van der Waals surface area (Å²) in [6, 6.07) is 57.5. The SMILES string of the molecule is C(=C\c1ccc(-c2ccccc2)cc1)/C(=NCc1ccc(-c2ccccc2)cc1)c1ccc(-c2ccccc2)cc1. The Kier molecular flexibility index (Phi) is 8.06. The van der Waals surface area contributed by atoms with Gasteiger partial charge in [0.1, 0.15) is 0 Å². The van der Waals surface area contributed by atoms with Crippen LogP contribution in [0.3, 0.4) is 0 Å². The van der Waals surface area contributed by atoms with Crippen LogP contribution in [0.2, 0.25) is 0 Å². The topological polar surface area (TPSA) is 12.4 Å². The highest BCUT2D eigenvalue weighted by Gasteiger charge is 2.04. The molecule has 0 fully saturated rings. The second-order valence-corrected chi connectivity index (χ2v) is 10.0. The molecule has 0 aliphatic carbocycles. The number of allylic oxidation sites excluding steroid dienone is 1. The average molecular weight is 526 g/mol. The molecule has 0 unspecified atom stereocenters. The smallest absolute Gasteiger partial charge is 0.0650 e. The van der Waals surface area contributed by atoms with Gasteiger partial charge in [0.25, 0.3) is 0 Å². The van der Waals surface area contributed by atoms with Gasteiger partial charge in [0, 0.05) is 0 Å². The summed E-state index contributed by atoms with van der Waals surface area (Å²) in [7, 11) is 0. The fraction of sp³-hybridized carbons (Fsp3) is 0.0250. The van der Waals surface area contributed by atoms with Crippen molar-refractivity contribution in [3.8, 4) is 33.4 Å². The van der Waals surface area contributed by atoms with Crippen LogP contribution in [-0.4, -0.2) is 5.71 Å². The molecule has 0 aliphatic rings. The molecule has 6 rings (SSSR count). The molecule has 0 aromatic heterocycles. The van der Waals surface area contributed by atoms with Crippen LogP contribution in [0.15, 0.2) is 175 Å². The second-order valence-electron chi connectivity index (χ2n) is 10.0. The first-order valence-corrected chi connectivity index (χ1v) is 14.0. The third-order valence-corrected chi connectivity index (χ3v) is 7.23.